The lowest BCUT2D eigenvalue weighted by Crippen LogP contribution is -2.38. The molecule has 0 aromatic heterocycles. The zero-order valence-electron chi connectivity index (χ0n) is 38.5. The summed E-state index contributed by atoms with van der Waals surface area (Å²) in [6, 6.07) is 28.3. The van der Waals surface area contributed by atoms with Crippen molar-refractivity contribution in [2.45, 2.75) is 109 Å². The molecule has 6 aliphatic carbocycles. The van der Waals surface area contributed by atoms with Gasteiger partial charge >= 0.3 is 0 Å². The molecule has 7 aliphatic rings. The lowest BCUT2D eigenvalue weighted by Gasteiger charge is -2.46. The maximum absolute atomic E-state index is 4.75. The highest BCUT2D eigenvalue weighted by atomic mass is 14.7. The summed E-state index contributed by atoms with van der Waals surface area (Å²) in [7, 11) is 0. The van der Waals surface area contributed by atoms with Gasteiger partial charge in [0.05, 0.1) is 6.54 Å². The Bertz CT molecular complexity index is 2520. The highest BCUT2D eigenvalue weighted by Crippen LogP contribution is 2.78. The van der Waals surface area contributed by atoms with E-state index in [2.05, 4.69) is 180 Å². The minimum absolute atomic E-state index is 0.0664. The van der Waals surface area contributed by atoms with Crippen LogP contribution in [0.4, 0.5) is 0 Å². The van der Waals surface area contributed by atoms with Gasteiger partial charge in [-0.25, -0.2) is 0 Å². The Balaban J connectivity index is 1.02. The molecule has 1 heterocycles. The minimum atomic E-state index is 0.0664. The van der Waals surface area contributed by atoms with E-state index in [0.29, 0.717) is 47.3 Å². The van der Waals surface area contributed by atoms with E-state index in [-0.39, 0.29) is 10.8 Å². The van der Waals surface area contributed by atoms with Crippen LogP contribution in [0, 0.1) is 47.8 Å². The molecule has 1 saturated carbocycles. The van der Waals surface area contributed by atoms with Gasteiger partial charge in [-0.1, -0.05) is 184 Å². The van der Waals surface area contributed by atoms with Crippen molar-refractivity contribution >= 4 is 6.21 Å². The molecule has 0 bridgehead atoms. The van der Waals surface area contributed by atoms with E-state index in [0.717, 1.165) is 25.8 Å². The third-order valence-electron chi connectivity index (χ3n) is 17.3. The first kappa shape index (κ1) is 42.0. The average molecular weight is 828 g/mol. The van der Waals surface area contributed by atoms with Crippen LogP contribution in [-0.4, -0.2) is 12.8 Å². The molecule has 3 aromatic rings. The molecule has 1 heteroatoms. The lowest BCUT2D eigenvalue weighted by atomic mass is 9.58. The summed E-state index contributed by atoms with van der Waals surface area (Å²) >= 11 is 0. The normalized spacial score (nSPS) is 32.1. The summed E-state index contributed by atoms with van der Waals surface area (Å²) in [5.41, 5.74) is 17.0. The molecule has 0 N–H and O–H groups in total. The first-order valence-electron chi connectivity index (χ1n) is 24.8. The van der Waals surface area contributed by atoms with E-state index in [1.54, 1.807) is 33.4 Å². The van der Waals surface area contributed by atoms with E-state index in [1.807, 2.05) is 6.08 Å². The van der Waals surface area contributed by atoms with Crippen LogP contribution in [0.5, 0.6) is 0 Å². The van der Waals surface area contributed by atoms with Crippen LogP contribution < -0.4 is 0 Å². The zero-order chi connectivity index (χ0) is 43.1. The molecule has 10 atom stereocenters. The molecular weight excluding hydrogens is 759 g/mol. The van der Waals surface area contributed by atoms with E-state index < -0.39 is 0 Å². The summed E-state index contributed by atoms with van der Waals surface area (Å²) in [6.07, 6.45) is 43.6. The number of hydrogen-bond acceptors (Lipinski definition) is 1. The second-order valence-electron chi connectivity index (χ2n) is 20.4. The highest BCUT2D eigenvalue weighted by molar-refractivity contribution is 5.80. The number of allylic oxidation sites excluding steroid dienone is 16. The fraction of sp³-hybridized carbons (Fsp3) is 0.403. The Morgan fingerprint density at radius 1 is 0.921 bits per heavy atom. The van der Waals surface area contributed by atoms with Crippen LogP contribution in [0.1, 0.15) is 117 Å². The van der Waals surface area contributed by atoms with Crippen LogP contribution in [0.3, 0.4) is 0 Å². The number of rotatable bonds is 11. The lowest BCUT2D eigenvalue weighted by molar-refractivity contribution is 0.112. The van der Waals surface area contributed by atoms with Crippen LogP contribution in [-0.2, 0) is 18.3 Å². The molecule has 63 heavy (non-hydrogen) atoms. The molecule has 0 saturated heterocycles. The Morgan fingerprint density at radius 3 is 2.62 bits per heavy atom. The smallest absolute Gasteiger partial charge is 0.0573 e. The Kier molecular flexibility index (Phi) is 11.7. The van der Waals surface area contributed by atoms with Crippen molar-refractivity contribution in [1.82, 2.24) is 0 Å². The molecule has 322 valence electrons. The standard InChI is InChI=1S/C62H69N/c1-6-9-19-45(7-2)49-37-57(51-23-16-35-63-40-43(51)5)50(8-3)58(38-49)56-31-28-46-20-10-11-21-52(46)54-32-29-47(30-33-55(54)56)59-25-15-34-61-39-48(27-26-44-18-14-17-42(4)36-44)53-22-12-13-24-60(53)62(59,61)41-61/h6,9-25,29-30,32,34,36-37,40,45,48,50,54-58H,1,7-8,26-28,31,33,35,38-39,41H2,2-5H3. The van der Waals surface area contributed by atoms with Crippen LogP contribution in [0.25, 0.3) is 0 Å². The van der Waals surface area contributed by atoms with Gasteiger partial charge in [0, 0.05) is 28.9 Å². The molecule has 1 aliphatic heterocycles. The van der Waals surface area contributed by atoms with Crippen molar-refractivity contribution in [3.8, 4) is 0 Å². The molecule has 0 amide bonds. The van der Waals surface area contributed by atoms with Crippen LogP contribution in [0.2, 0.25) is 0 Å². The monoisotopic (exact) mass is 828 g/mol. The second kappa shape index (κ2) is 17.5. The van der Waals surface area contributed by atoms with Gasteiger partial charge in [0.25, 0.3) is 0 Å². The number of aliphatic imine (C=N–C) groups is 1. The van der Waals surface area contributed by atoms with Gasteiger partial charge in [-0.15, -0.1) is 0 Å². The summed E-state index contributed by atoms with van der Waals surface area (Å²) < 4.78 is 0. The third-order valence-corrected chi connectivity index (χ3v) is 17.3. The van der Waals surface area contributed by atoms with E-state index in [9.17, 15) is 0 Å². The first-order valence-corrected chi connectivity index (χ1v) is 24.8. The molecule has 10 rings (SSSR count). The van der Waals surface area contributed by atoms with E-state index >= 15 is 0 Å². The first-order chi connectivity index (χ1) is 30.9. The highest BCUT2D eigenvalue weighted by Gasteiger charge is 2.72. The molecule has 3 aromatic carbocycles. The molecule has 0 spiro atoms. The maximum atomic E-state index is 4.75. The van der Waals surface area contributed by atoms with Gasteiger partial charge in [-0.05, 0) is 157 Å². The number of aryl methyl sites for hydroxylation is 3. The summed E-state index contributed by atoms with van der Waals surface area (Å²) in [5, 5.41) is 0. The van der Waals surface area contributed by atoms with Crippen LogP contribution >= 0.6 is 0 Å². The van der Waals surface area contributed by atoms with E-state index in [4.69, 9.17) is 4.99 Å². The SMILES string of the molecule is C=CC=CC(CC)C1=CC(C2=C(C)C=NCC=C2)C(CC)C(C2CCc3ccccc3C3C=CC(C4=CC=CC56CC(CCc7cccc(C)c7)c7ccccc7C45C6)=CCC32)C1. The average Bonchev–Trinajstić information content (AvgIpc) is 4.11. The molecular formula is C62H69N. The van der Waals surface area contributed by atoms with Gasteiger partial charge < -0.3 is 0 Å². The van der Waals surface area contributed by atoms with Gasteiger partial charge in [-0.3, -0.25) is 4.99 Å². The number of hydrogen-bond donors (Lipinski definition) is 0. The van der Waals surface area contributed by atoms with Gasteiger partial charge in [0.15, 0.2) is 0 Å². The molecule has 0 radical (unpaired) electrons. The zero-order valence-corrected chi connectivity index (χ0v) is 38.5. The summed E-state index contributed by atoms with van der Waals surface area (Å²) in [4.78, 5) is 4.75. The van der Waals surface area contributed by atoms with Gasteiger partial charge in [0.1, 0.15) is 0 Å². The predicted molar refractivity (Wildman–Crippen MR) is 267 cm³/mol. The largest absolute Gasteiger partial charge is 0.289 e. The van der Waals surface area contributed by atoms with Crippen molar-refractivity contribution in [3.05, 3.63) is 214 Å². The van der Waals surface area contributed by atoms with Crippen molar-refractivity contribution < 1.29 is 0 Å². The van der Waals surface area contributed by atoms with Gasteiger partial charge in [0.2, 0.25) is 0 Å². The van der Waals surface area contributed by atoms with Gasteiger partial charge in [-0.2, -0.15) is 0 Å². The fourth-order valence-corrected chi connectivity index (χ4v) is 14.3. The molecule has 1 nitrogen and oxygen atoms in total. The minimum Gasteiger partial charge on any atom is -0.289 e. The van der Waals surface area contributed by atoms with Crippen molar-refractivity contribution in [2.24, 2.45) is 45.9 Å². The Morgan fingerprint density at radius 2 is 1.78 bits per heavy atom. The Hall–Kier alpha value is -5.01. The summed E-state index contributed by atoms with van der Waals surface area (Å²) in [5.74, 6) is 4.11. The number of fused-ring (bicyclic) bond motifs is 4. The van der Waals surface area contributed by atoms with Crippen molar-refractivity contribution in [1.29, 1.82) is 0 Å². The maximum Gasteiger partial charge on any atom is 0.0573 e. The third kappa shape index (κ3) is 7.46. The predicted octanol–water partition coefficient (Wildman–Crippen LogP) is 15.4. The van der Waals surface area contributed by atoms with E-state index in [1.165, 1.54) is 72.8 Å². The molecule has 10 unspecified atom stereocenters. The van der Waals surface area contributed by atoms with Crippen molar-refractivity contribution in [3.63, 3.8) is 0 Å². The van der Waals surface area contributed by atoms with Crippen molar-refractivity contribution in [2.75, 3.05) is 6.54 Å². The number of nitrogens with zero attached hydrogens (tertiary/aromatic N) is 1. The Labute approximate surface area is 379 Å². The topological polar surface area (TPSA) is 12.4 Å². The molecule has 1 fully saturated rings. The quantitative estimate of drug-likeness (QED) is 0.135. The van der Waals surface area contributed by atoms with Crippen LogP contribution in [0.15, 0.2) is 185 Å². The second-order valence-corrected chi connectivity index (χ2v) is 20.4. The number of benzene rings is 3. The summed E-state index contributed by atoms with van der Waals surface area (Å²) in [6.45, 7) is 14.2. The fourth-order valence-electron chi connectivity index (χ4n) is 14.3.